The molecule has 2 aromatic carbocycles. The third kappa shape index (κ3) is 3.01. The van der Waals surface area contributed by atoms with Crippen LogP contribution in [0.4, 0.5) is 5.69 Å². The highest BCUT2D eigenvalue weighted by molar-refractivity contribution is 7.18. The summed E-state index contributed by atoms with van der Waals surface area (Å²) in [6.45, 7) is 7.14. The summed E-state index contributed by atoms with van der Waals surface area (Å²) in [6, 6.07) is 10.8. The molecular weight excluding hydrogens is 372 g/mol. The van der Waals surface area contributed by atoms with Crippen LogP contribution in [0.2, 0.25) is 5.02 Å². The standard InChI is InChI=1S/C18H11ClN4O2S/c1-20-12-8-10(6-7-11(12)19)18-23-22-15(25-18)9-16-21-17-13(24-2)4-3-5-14(17)26-16/h3-8H,9H2,2H3. The van der Waals surface area contributed by atoms with Crippen molar-refractivity contribution >= 4 is 38.8 Å². The van der Waals surface area contributed by atoms with Crippen LogP contribution < -0.4 is 4.74 Å². The third-order valence-corrected chi connectivity index (χ3v) is 5.07. The van der Waals surface area contributed by atoms with E-state index in [9.17, 15) is 0 Å². The van der Waals surface area contributed by atoms with Gasteiger partial charge >= 0.3 is 0 Å². The summed E-state index contributed by atoms with van der Waals surface area (Å²) < 4.78 is 12.1. The predicted octanol–water partition coefficient (Wildman–Crippen LogP) is 5.15. The molecule has 0 aliphatic heterocycles. The summed E-state index contributed by atoms with van der Waals surface area (Å²) >= 11 is 7.52. The molecule has 0 bridgehead atoms. The lowest BCUT2D eigenvalue weighted by Crippen LogP contribution is -1.88. The summed E-state index contributed by atoms with van der Waals surface area (Å²) in [7, 11) is 1.63. The fourth-order valence-corrected chi connectivity index (χ4v) is 3.65. The van der Waals surface area contributed by atoms with Gasteiger partial charge in [0.25, 0.3) is 0 Å². The second kappa shape index (κ2) is 6.75. The summed E-state index contributed by atoms with van der Waals surface area (Å²) in [6.07, 6.45) is 0.429. The minimum Gasteiger partial charge on any atom is -0.494 e. The number of halogens is 1. The number of aromatic nitrogens is 3. The van der Waals surface area contributed by atoms with Crippen molar-refractivity contribution in [3.05, 3.63) is 63.7 Å². The topological polar surface area (TPSA) is 65.4 Å². The molecule has 0 saturated carbocycles. The highest BCUT2D eigenvalue weighted by Gasteiger charge is 2.14. The minimum atomic E-state index is 0.347. The lowest BCUT2D eigenvalue weighted by Gasteiger charge is -1.98. The van der Waals surface area contributed by atoms with E-state index in [1.807, 2.05) is 18.2 Å². The molecule has 128 valence electrons. The van der Waals surface area contributed by atoms with Crippen LogP contribution in [0.1, 0.15) is 10.9 Å². The lowest BCUT2D eigenvalue weighted by atomic mass is 10.2. The molecule has 4 aromatic rings. The number of fused-ring (bicyclic) bond motifs is 1. The fourth-order valence-electron chi connectivity index (χ4n) is 2.51. The van der Waals surface area contributed by atoms with Crippen molar-refractivity contribution in [1.82, 2.24) is 15.2 Å². The SMILES string of the molecule is [C-]#[N+]c1cc(-c2nnc(Cc3nc4c(OC)cccc4s3)o2)ccc1Cl. The van der Waals surface area contributed by atoms with Crippen molar-refractivity contribution in [2.75, 3.05) is 7.11 Å². The maximum Gasteiger partial charge on any atom is 0.246 e. The number of hydrogen-bond acceptors (Lipinski definition) is 6. The summed E-state index contributed by atoms with van der Waals surface area (Å²) in [5.74, 6) is 1.54. The van der Waals surface area contributed by atoms with Crippen molar-refractivity contribution in [3.63, 3.8) is 0 Å². The molecule has 6 nitrogen and oxygen atoms in total. The minimum absolute atomic E-state index is 0.347. The molecule has 26 heavy (non-hydrogen) atoms. The Bertz CT molecular complexity index is 1150. The highest BCUT2D eigenvalue weighted by Crippen LogP contribution is 2.32. The summed E-state index contributed by atoms with van der Waals surface area (Å²) in [5.41, 5.74) is 1.83. The lowest BCUT2D eigenvalue weighted by molar-refractivity contribution is 0.419. The van der Waals surface area contributed by atoms with Crippen molar-refractivity contribution in [3.8, 4) is 17.2 Å². The van der Waals surface area contributed by atoms with E-state index in [1.165, 1.54) is 0 Å². The Labute approximate surface area is 157 Å². The van der Waals surface area contributed by atoms with Gasteiger partial charge in [0.2, 0.25) is 17.5 Å². The molecule has 0 aliphatic carbocycles. The first-order chi connectivity index (χ1) is 12.7. The van der Waals surface area contributed by atoms with E-state index in [2.05, 4.69) is 20.0 Å². The maximum atomic E-state index is 7.14. The summed E-state index contributed by atoms with van der Waals surface area (Å²) in [5, 5.41) is 9.41. The largest absolute Gasteiger partial charge is 0.494 e. The summed E-state index contributed by atoms with van der Waals surface area (Å²) in [4.78, 5) is 7.99. The van der Waals surface area contributed by atoms with Crippen LogP contribution >= 0.6 is 22.9 Å². The molecule has 0 amide bonds. The van der Waals surface area contributed by atoms with E-state index in [1.54, 1.807) is 36.6 Å². The first-order valence-corrected chi connectivity index (χ1v) is 8.79. The second-order valence-electron chi connectivity index (χ2n) is 5.37. The molecule has 0 spiro atoms. The zero-order valence-corrected chi connectivity index (χ0v) is 15.1. The zero-order chi connectivity index (χ0) is 18.1. The number of thiazole rings is 1. The Hall–Kier alpha value is -2.95. The van der Waals surface area contributed by atoms with Gasteiger partial charge in [-0.15, -0.1) is 21.5 Å². The fraction of sp³-hybridized carbons (Fsp3) is 0.111. The van der Waals surface area contributed by atoms with E-state index in [-0.39, 0.29) is 0 Å². The predicted molar refractivity (Wildman–Crippen MR) is 100.0 cm³/mol. The molecular formula is C18H11ClN4O2S. The van der Waals surface area contributed by atoms with Crippen LogP contribution in [0, 0.1) is 6.57 Å². The van der Waals surface area contributed by atoms with Crippen LogP contribution in [0.3, 0.4) is 0 Å². The molecule has 0 fully saturated rings. The van der Waals surface area contributed by atoms with E-state index in [4.69, 9.17) is 27.3 Å². The van der Waals surface area contributed by atoms with Crippen LogP contribution in [-0.2, 0) is 6.42 Å². The first kappa shape index (κ1) is 16.5. The highest BCUT2D eigenvalue weighted by atomic mass is 35.5. The third-order valence-electron chi connectivity index (χ3n) is 3.73. The van der Waals surface area contributed by atoms with Crippen molar-refractivity contribution in [1.29, 1.82) is 0 Å². The van der Waals surface area contributed by atoms with E-state index >= 15 is 0 Å². The van der Waals surface area contributed by atoms with Crippen molar-refractivity contribution < 1.29 is 9.15 Å². The number of methoxy groups -OCH3 is 1. The van der Waals surface area contributed by atoms with E-state index < -0.39 is 0 Å². The van der Waals surface area contributed by atoms with Gasteiger partial charge in [-0.05, 0) is 18.2 Å². The van der Waals surface area contributed by atoms with Gasteiger partial charge in [-0.2, -0.15) is 0 Å². The van der Waals surface area contributed by atoms with Gasteiger partial charge in [0, 0.05) is 10.6 Å². The van der Waals surface area contributed by atoms with Gasteiger partial charge in [0.15, 0.2) is 0 Å². The van der Waals surface area contributed by atoms with Crippen LogP contribution in [0.5, 0.6) is 5.75 Å². The molecule has 8 heteroatoms. The molecule has 0 atom stereocenters. The first-order valence-electron chi connectivity index (χ1n) is 7.60. The average molecular weight is 383 g/mol. The Morgan fingerprint density at radius 1 is 1.27 bits per heavy atom. The van der Waals surface area contributed by atoms with Crippen molar-refractivity contribution in [2.24, 2.45) is 0 Å². The Morgan fingerprint density at radius 3 is 2.96 bits per heavy atom. The molecule has 2 aromatic heterocycles. The van der Waals surface area contributed by atoms with E-state index in [0.717, 1.165) is 21.0 Å². The van der Waals surface area contributed by atoms with Gasteiger partial charge in [-0.3, -0.25) is 0 Å². The molecule has 0 saturated heterocycles. The molecule has 2 heterocycles. The normalized spacial score (nSPS) is 10.8. The Kier molecular flexibility index (Phi) is 4.29. The van der Waals surface area contributed by atoms with Gasteiger partial charge in [0.1, 0.15) is 16.3 Å². The number of benzene rings is 2. The van der Waals surface area contributed by atoms with Gasteiger partial charge in [0.05, 0.1) is 24.8 Å². The van der Waals surface area contributed by atoms with Crippen LogP contribution in [0.15, 0.2) is 40.8 Å². The maximum absolute atomic E-state index is 7.14. The van der Waals surface area contributed by atoms with Gasteiger partial charge in [-0.25, -0.2) is 9.83 Å². The van der Waals surface area contributed by atoms with E-state index in [0.29, 0.717) is 34.5 Å². The van der Waals surface area contributed by atoms with Gasteiger partial charge in [-0.1, -0.05) is 29.8 Å². The molecule has 0 unspecified atom stereocenters. The number of hydrogen-bond donors (Lipinski definition) is 0. The van der Waals surface area contributed by atoms with Crippen molar-refractivity contribution in [2.45, 2.75) is 6.42 Å². The quantitative estimate of drug-likeness (QED) is 0.456. The van der Waals surface area contributed by atoms with Gasteiger partial charge < -0.3 is 9.15 Å². The number of para-hydroxylation sites is 1. The number of ether oxygens (including phenoxy) is 1. The molecule has 0 radical (unpaired) electrons. The molecule has 4 rings (SSSR count). The average Bonchev–Trinajstić information content (AvgIpc) is 3.28. The monoisotopic (exact) mass is 382 g/mol. The zero-order valence-electron chi connectivity index (χ0n) is 13.6. The second-order valence-corrected chi connectivity index (χ2v) is 6.89. The van der Waals surface area contributed by atoms with Crippen LogP contribution in [0.25, 0.3) is 26.5 Å². The molecule has 0 aliphatic rings. The smallest absolute Gasteiger partial charge is 0.246 e. The van der Waals surface area contributed by atoms with Crippen LogP contribution in [-0.4, -0.2) is 22.3 Å². The number of rotatable bonds is 4. The molecule has 0 N–H and O–H groups in total. The number of nitrogens with zero attached hydrogens (tertiary/aromatic N) is 4. The Balaban J connectivity index is 1.62. The Morgan fingerprint density at radius 2 is 2.15 bits per heavy atom.